The number of carbonyl (C=O) groups excluding carboxylic acids is 1. The minimum atomic E-state index is -0.0766. The maximum atomic E-state index is 11.9. The molecule has 0 bridgehead atoms. The Hall–Kier alpha value is -1.43. The molecular formula is C20H33NO4. The van der Waals surface area contributed by atoms with Gasteiger partial charge in [0.1, 0.15) is 0 Å². The Morgan fingerprint density at radius 3 is 1.96 bits per heavy atom. The Bertz CT molecular complexity index is 479. The highest BCUT2D eigenvalue weighted by molar-refractivity contribution is 5.94. The molecule has 142 valence electrons. The van der Waals surface area contributed by atoms with E-state index in [4.69, 9.17) is 14.2 Å². The fourth-order valence-electron chi connectivity index (χ4n) is 1.96. The molecule has 1 rings (SSSR count). The Kier molecular flexibility index (Phi) is 10.4. The number of benzene rings is 1. The normalized spacial score (nSPS) is 11.5. The van der Waals surface area contributed by atoms with Gasteiger partial charge in [0.15, 0.2) is 0 Å². The van der Waals surface area contributed by atoms with E-state index < -0.39 is 0 Å². The summed E-state index contributed by atoms with van der Waals surface area (Å²) in [5.74, 6) is -0.0766. The van der Waals surface area contributed by atoms with Crippen LogP contribution in [0.1, 0.15) is 43.1 Å². The molecule has 0 radical (unpaired) electrons. The van der Waals surface area contributed by atoms with E-state index in [-0.39, 0.29) is 5.91 Å². The molecule has 0 aliphatic rings. The van der Waals surface area contributed by atoms with Gasteiger partial charge in [-0.05, 0) is 30.9 Å². The minimum Gasteiger partial charge on any atom is -0.379 e. The summed E-state index contributed by atoms with van der Waals surface area (Å²) in [6.07, 6.45) is 1.05. The van der Waals surface area contributed by atoms with Crippen molar-refractivity contribution >= 4 is 5.91 Å². The molecule has 5 nitrogen and oxygen atoms in total. The van der Waals surface area contributed by atoms with Crippen molar-refractivity contribution in [1.29, 1.82) is 0 Å². The van der Waals surface area contributed by atoms with Gasteiger partial charge in [-0.1, -0.05) is 38.5 Å². The first kappa shape index (κ1) is 21.6. The lowest BCUT2D eigenvalue weighted by molar-refractivity contribution is 0.0109. The van der Waals surface area contributed by atoms with Crippen molar-refractivity contribution < 1.29 is 19.0 Å². The molecule has 0 saturated heterocycles. The van der Waals surface area contributed by atoms with Gasteiger partial charge in [-0.15, -0.1) is 0 Å². The van der Waals surface area contributed by atoms with Crippen LogP contribution in [0.2, 0.25) is 0 Å². The molecule has 0 fully saturated rings. The second-order valence-electron chi connectivity index (χ2n) is 7.27. The highest BCUT2D eigenvalue weighted by Crippen LogP contribution is 2.17. The van der Waals surface area contributed by atoms with Crippen LogP contribution in [0.5, 0.6) is 0 Å². The van der Waals surface area contributed by atoms with Gasteiger partial charge in [0, 0.05) is 18.7 Å². The quantitative estimate of drug-likeness (QED) is 0.588. The molecule has 0 aromatic heterocycles. The Morgan fingerprint density at radius 2 is 1.40 bits per heavy atom. The number of rotatable bonds is 12. The standard InChI is InChI=1S/C20H33NO4/c1-17-5-7-18(8-6-17)19(22)21-10-12-24-14-16-25-15-13-23-11-9-20(2,3)4/h5-8H,9-16H2,1-4H3,(H,21,22). The zero-order chi connectivity index (χ0) is 18.5. The van der Waals surface area contributed by atoms with Crippen LogP contribution in [0.3, 0.4) is 0 Å². The first-order valence-corrected chi connectivity index (χ1v) is 8.96. The number of ether oxygens (including phenoxy) is 3. The van der Waals surface area contributed by atoms with Crippen LogP contribution in [0.4, 0.5) is 0 Å². The molecule has 1 aromatic rings. The van der Waals surface area contributed by atoms with Gasteiger partial charge in [0.05, 0.1) is 33.0 Å². The monoisotopic (exact) mass is 351 g/mol. The van der Waals surface area contributed by atoms with Crippen molar-refractivity contribution in [3.63, 3.8) is 0 Å². The van der Waals surface area contributed by atoms with Crippen molar-refractivity contribution in [3.05, 3.63) is 35.4 Å². The van der Waals surface area contributed by atoms with Crippen molar-refractivity contribution in [3.8, 4) is 0 Å². The van der Waals surface area contributed by atoms with Gasteiger partial charge in [0.25, 0.3) is 5.91 Å². The van der Waals surface area contributed by atoms with Gasteiger partial charge in [-0.25, -0.2) is 0 Å². The fraction of sp³-hybridized carbons (Fsp3) is 0.650. The van der Waals surface area contributed by atoms with Gasteiger partial charge in [-0.3, -0.25) is 4.79 Å². The van der Waals surface area contributed by atoms with Gasteiger partial charge in [-0.2, -0.15) is 0 Å². The van der Waals surface area contributed by atoms with Crippen LogP contribution < -0.4 is 5.32 Å². The van der Waals surface area contributed by atoms with E-state index in [1.54, 1.807) is 0 Å². The lowest BCUT2D eigenvalue weighted by Gasteiger charge is -2.17. The molecule has 1 amide bonds. The molecule has 0 aliphatic carbocycles. The van der Waals surface area contributed by atoms with E-state index in [1.165, 1.54) is 0 Å². The second kappa shape index (κ2) is 12.0. The first-order valence-electron chi connectivity index (χ1n) is 8.96. The summed E-state index contributed by atoms with van der Waals surface area (Å²) in [6, 6.07) is 7.50. The van der Waals surface area contributed by atoms with Gasteiger partial charge < -0.3 is 19.5 Å². The predicted molar refractivity (Wildman–Crippen MR) is 100 cm³/mol. The molecule has 0 aliphatic heterocycles. The Morgan fingerprint density at radius 1 is 0.880 bits per heavy atom. The smallest absolute Gasteiger partial charge is 0.251 e. The van der Waals surface area contributed by atoms with Crippen molar-refractivity contribution in [2.45, 2.75) is 34.1 Å². The van der Waals surface area contributed by atoms with E-state index >= 15 is 0 Å². The molecule has 0 unspecified atom stereocenters. The molecular weight excluding hydrogens is 318 g/mol. The summed E-state index contributed by atoms with van der Waals surface area (Å²) in [4.78, 5) is 11.9. The average molecular weight is 351 g/mol. The second-order valence-corrected chi connectivity index (χ2v) is 7.27. The number of aryl methyl sites for hydroxylation is 1. The molecule has 5 heteroatoms. The fourth-order valence-corrected chi connectivity index (χ4v) is 1.96. The maximum Gasteiger partial charge on any atom is 0.251 e. The zero-order valence-corrected chi connectivity index (χ0v) is 16.1. The predicted octanol–water partition coefficient (Wildman–Crippen LogP) is 3.21. The van der Waals surface area contributed by atoms with Crippen LogP contribution in [-0.4, -0.2) is 52.1 Å². The van der Waals surface area contributed by atoms with Gasteiger partial charge in [0.2, 0.25) is 0 Å². The maximum absolute atomic E-state index is 11.9. The van der Waals surface area contributed by atoms with E-state index in [0.29, 0.717) is 50.6 Å². The lowest BCUT2D eigenvalue weighted by atomic mass is 9.93. The van der Waals surface area contributed by atoms with Crippen LogP contribution >= 0.6 is 0 Å². The molecule has 0 atom stereocenters. The highest BCUT2D eigenvalue weighted by atomic mass is 16.5. The third kappa shape index (κ3) is 11.7. The van der Waals surface area contributed by atoms with Crippen LogP contribution in [0.15, 0.2) is 24.3 Å². The van der Waals surface area contributed by atoms with E-state index in [0.717, 1.165) is 18.6 Å². The van der Waals surface area contributed by atoms with Crippen LogP contribution in [-0.2, 0) is 14.2 Å². The summed E-state index contributed by atoms with van der Waals surface area (Å²) in [5.41, 5.74) is 2.11. The minimum absolute atomic E-state index is 0.0766. The largest absolute Gasteiger partial charge is 0.379 e. The summed E-state index contributed by atoms with van der Waals surface area (Å²) in [7, 11) is 0. The van der Waals surface area contributed by atoms with Crippen molar-refractivity contribution in [1.82, 2.24) is 5.32 Å². The lowest BCUT2D eigenvalue weighted by Crippen LogP contribution is -2.27. The van der Waals surface area contributed by atoms with E-state index in [2.05, 4.69) is 26.1 Å². The van der Waals surface area contributed by atoms with E-state index in [1.807, 2.05) is 31.2 Å². The third-order valence-electron chi connectivity index (χ3n) is 3.59. The Labute approximate surface area is 152 Å². The molecule has 25 heavy (non-hydrogen) atoms. The SMILES string of the molecule is Cc1ccc(C(=O)NCCOCCOCCOCCC(C)(C)C)cc1. The first-order chi connectivity index (χ1) is 11.9. The molecule has 1 aromatic carbocycles. The van der Waals surface area contributed by atoms with Crippen molar-refractivity contribution in [2.24, 2.45) is 5.41 Å². The molecule has 1 N–H and O–H groups in total. The average Bonchev–Trinajstić information content (AvgIpc) is 2.55. The molecule has 0 heterocycles. The van der Waals surface area contributed by atoms with Gasteiger partial charge >= 0.3 is 0 Å². The summed E-state index contributed by atoms with van der Waals surface area (Å²) >= 11 is 0. The number of amides is 1. The summed E-state index contributed by atoms with van der Waals surface area (Å²) in [5, 5.41) is 2.83. The molecule has 0 spiro atoms. The summed E-state index contributed by atoms with van der Waals surface area (Å²) in [6.45, 7) is 12.6. The van der Waals surface area contributed by atoms with Crippen molar-refractivity contribution in [2.75, 3.05) is 46.2 Å². The number of carbonyl (C=O) groups is 1. The summed E-state index contributed by atoms with van der Waals surface area (Å²) < 4.78 is 16.4. The topological polar surface area (TPSA) is 56.8 Å². The number of nitrogens with one attached hydrogen (secondary N) is 1. The third-order valence-corrected chi connectivity index (χ3v) is 3.59. The van der Waals surface area contributed by atoms with Crippen LogP contribution in [0.25, 0.3) is 0 Å². The Balaban J connectivity index is 1.89. The van der Waals surface area contributed by atoms with E-state index in [9.17, 15) is 4.79 Å². The molecule has 0 saturated carbocycles. The number of hydrogen-bond donors (Lipinski definition) is 1. The highest BCUT2D eigenvalue weighted by Gasteiger charge is 2.09. The van der Waals surface area contributed by atoms with Crippen LogP contribution in [0, 0.1) is 12.3 Å². The number of hydrogen-bond acceptors (Lipinski definition) is 4. The zero-order valence-electron chi connectivity index (χ0n) is 16.1.